The molecule has 0 saturated heterocycles. The fraction of sp³-hybridized carbons (Fsp3) is 0.588. The van der Waals surface area contributed by atoms with E-state index in [2.05, 4.69) is 16.9 Å². The van der Waals surface area contributed by atoms with Gasteiger partial charge in [0.15, 0.2) is 0 Å². The maximum atomic E-state index is 12.1. The summed E-state index contributed by atoms with van der Waals surface area (Å²) in [6, 6.07) is 9.61. The molecule has 1 aromatic carbocycles. The Morgan fingerprint density at radius 3 is 2.77 bits per heavy atom. The molecule has 1 saturated carbocycles. The van der Waals surface area contributed by atoms with E-state index in [1.54, 1.807) is 0 Å². The molecule has 1 fully saturated rings. The summed E-state index contributed by atoms with van der Waals surface area (Å²) in [5, 5.41) is 16.7. The van der Waals surface area contributed by atoms with Crippen molar-refractivity contribution in [3.8, 4) is 0 Å². The summed E-state index contributed by atoms with van der Waals surface area (Å²) in [5.74, 6) is 0. The van der Waals surface area contributed by atoms with Crippen LogP contribution in [0.4, 0.5) is 4.79 Å². The Balaban J connectivity index is 1.76. The van der Waals surface area contributed by atoms with Crippen LogP contribution in [0.2, 0.25) is 0 Å². The fourth-order valence-electron chi connectivity index (χ4n) is 3.01. The van der Waals surface area contributed by atoms with Crippen LogP contribution in [0, 0.1) is 0 Å². The maximum absolute atomic E-state index is 12.1. The van der Waals surface area contributed by atoms with Gasteiger partial charge in [0.05, 0.1) is 6.10 Å². The van der Waals surface area contributed by atoms with E-state index in [0.717, 1.165) is 12.0 Å². The van der Waals surface area contributed by atoms with E-state index in [1.165, 1.54) is 12.8 Å². The molecule has 2 rings (SSSR count). The highest BCUT2D eigenvalue weighted by Crippen LogP contribution is 2.28. The Morgan fingerprint density at radius 1 is 1.36 bits per heavy atom. The van der Waals surface area contributed by atoms with Gasteiger partial charge < -0.3 is 15.7 Å². The highest BCUT2D eigenvalue weighted by molar-refractivity contribution is 7.99. The summed E-state index contributed by atoms with van der Waals surface area (Å²) in [6.07, 6.45) is 5.46. The van der Waals surface area contributed by atoms with Gasteiger partial charge in [-0.25, -0.2) is 4.79 Å². The molecule has 0 radical (unpaired) electrons. The average molecular weight is 322 g/mol. The number of aliphatic hydroxyl groups excluding tert-OH is 1. The van der Waals surface area contributed by atoms with Crippen molar-refractivity contribution in [2.75, 3.05) is 6.26 Å². The molecule has 3 N–H and O–H groups in total. The summed E-state index contributed by atoms with van der Waals surface area (Å²) in [6.45, 7) is 1.92. The summed E-state index contributed by atoms with van der Waals surface area (Å²) >= 11 is 1.83. The lowest BCUT2D eigenvalue weighted by Gasteiger charge is -2.22. The second kappa shape index (κ2) is 8.44. The van der Waals surface area contributed by atoms with Crippen molar-refractivity contribution in [1.82, 2.24) is 10.6 Å². The first-order valence-electron chi connectivity index (χ1n) is 7.93. The van der Waals surface area contributed by atoms with Gasteiger partial charge in [-0.3, -0.25) is 0 Å². The highest BCUT2D eigenvalue weighted by Gasteiger charge is 2.28. The number of hydrogen-bond acceptors (Lipinski definition) is 3. The lowest BCUT2D eigenvalue weighted by atomic mass is 10.0. The third-order valence-electron chi connectivity index (χ3n) is 4.21. The number of benzene rings is 1. The fourth-order valence-corrected chi connectivity index (χ4v) is 3.95. The van der Waals surface area contributed by atoms with E-state index in [1.807, 2.05) is 49.0 Å². The van der Waals surface area contributed by atoms with Crippen LogP contribution in [0.15, 0.2) is 30.3 Å². The minimum absolute atomic E-state index is 0.0793. The second-order valence-corrected chi connectivity index (χ2v) is 7.07. The van der Waals surface area contributed by atoms with E-state index in [0.29, 0.717) is 11.7 Å². The first kappa shape index (κ1) is 17.2. The lowest BCUT2D eigenvalue weighted by molar-refractivity contribution is 0.154. The minimum Gasteiger partial charge on any atom is -0.388 e. The Labute approximate surface area is 137 Å². The monoisotopic (exact) mass is 322 g/mol. The van der Waals surface area contributed by atoms with Crippen LogP contribution in [0.25, 0.3) is 0 Å². The smallest absolute Gasteiger partial charge is 0.315 e. The zero-order valence-electron chi connectivity index (χ0n) is 13.3. The van der Waals surface area contributed by atoms with Gasteiger partial charge in [-0.15, -0.1) is 0 Å². The number of aliphatic hydroxyl groups is 1. The average Bonchev–Trinajstić information content (AvgIpc) is 2.94. The predicted molar refractivity (Wildman–Crippen MR) is 92.1 cm³/mol. The molecule has 4 atom stereocenters. The molecular formula is C17H26N2O2S. The molecule has 22 heavy (non-hydrogen) atoms. The summed E-state index contributed by atoms with van der Waals surface area (Å²) in [5.41, 5.74) is 0.884. The molecule has 0 spiro atoms. The van der Waals surface area contributed by atoms with E-state index in [9.17, 15) is 9.90 Å². The number of nitrogens with one attached hydrogen (secondary N) is 2. The van der Waals surface area contributed by atoms with Gasteiger partial charge in [0.25, 0.3) is 0 Å². The number of carbonyl (C=O) groups excluding carboxylic acids is 1. The van der Waals surface area contributed by atoms with Gasteiger partial charge in [-0.2, -0.15) is 11.8 Å². The van der Waals surface area contributed by atoms with Gasteiger partial charge in [-0.1, -0.05) is 36.8 Å². The Morgan fingerprint density at radius 2 is 2.09 bits per heavy atom. The van der Waals surface area contributed by atoms with Crippen LogP contribution >= 0.6 is 11.8 Å². The molecule has 122 valence electrons. The van der Waals surface area contributed by atoms with Crippen molar-refractivity contribution in [2.45, 2.75) is 56.0 Å². The van der Waals surface area contributed by atoms with Crippen LogP contribution in [0.1, 0.15) is 44.3 Å². The van der Waals surface area contributed by atoms with Crippen molar-refractivity contribution < 1.29 is 9.90 Å². The van der Waals surface area contributed by atoms with Crippen molar-refractivity contribution in [3.05, 3.63) is 35.9 Å². The molecule has 4 nitrogen and oxygen atoms in total. The number of amides is 2. The van der Waals surface area contributed by atoms with E-state index in [-0.39, 0.29) is 18.1 Å². The SMILES string of the molecule is CSC1CCCC1NC(=O)NC(C)CC(O)c1ccccc1. The first-order chi connectivity index (χ1) is 10.6. The molecular weight excluding hydrogens is 296 g/mol. The van der Waals surface area contributed by atoms with Gasteiger partial charge in [-0.05, 0) is 38.0 Å². The second-order valence-electron chi connectivity index (χ2n) is 5.99. The molecule has 1 aliphatic carbocycles. The zero-order valence-corrected chi connectivity index (χ0v) is 14.1. The molecule has 1 aromatic rings. The van der Waals surface area contributed by atoms with Crippen molar-refractivity contribution in [1.29, 1.82) is 0 Å². The van der Waals surface area contributed by atoms with E-state index >= 15 is 0 Å². The number of urea groups is 1. The largest absolute Gasteiger partial charge is 0.388 e. The van der Waals surface area contributed by atoms with Crippen molar-refractivity contribution >= 4 is 17.8 Å². The van der Waals surface area contributed by atoms with E-state index < -0.39 is 6.10 Å². The predicted octanol–water partition coefficient (Wildman–Crippen LogP) is 3.08. The molecule has 5 heteroatoms. The number of carbonyl (C=O) groups is 1. The van der Waals surface area contributed by atoms with Crippen LogP contribution in [0.3, 0.4) is 0 Å². The minimum atomic E-state index is -0.554. The molecule has 4 unspecified atom stereocenters. The summed E-state index contributed by atoms with van der Waals surface area (Å²) in [7, 11) is 0. The van der Waals surface area contributed by atoms with Gasteiger partial charge in [0, 0.05) is 17.3 Å². The third-order valence-corrected chi connectivity index (χ3v) is 5.38. The standard InChI is InChI=1S/C17H26N2O2S/c1-12(11-15(20)13-7-4-3-5-8-13)18-17(21)19-14-9-6-10-16(14)22-2/h3-5,7-8,12,14-16,20H,6,9-11H2,1-2H3,(H2,18,19,21). The zero-order chi connectivity index (χ0) is 15.9. The molecule has 0 aromatic heterocycles. The van der Waals surface area contributed by atoms with Crippen LogP contribution in [0.5, 0.6) is 0 Å². The Hall–Kier alpha value is -1.20. The van der Waals surface area contributed by atoms with Gasteiger partial charge in [0.2, 0.25) is 0 Å². The number of thioether (sulfide) groups is 1. The molecule has 0 heterocycles. The van der Waals surface area contributed by atoms with Gasteiger partial charge >= 0.3 is 6.03 Å². The molecule has 0 bridgehead atoms. The normalized spacial score (nSPS) is 23.8. The van der Waals surface area contributed by atoms with Crippen LogP contribution in [-0.4, -0.2) is 34.7 Å². The number of hydrogen-bond donors (Lipinski definition) is 3. The van der Waals surface area contributed by atoms with Crippen molar-refractivity contribution in [3.63, 3.8) is 0 Å². The molecule has 1 aliphatic rings. The highest BCUT2D eigenvalue weighted by atomic mass is 32.2. The first-order valence-corrected chi connectivity index (χ1v) is 9.21. The van der Waals surface area contributed by atoms with Crippen LogP contribution in [-0.2, 0) is 0 Å². The van der Waals surface area contributed by atoms with Gasteiger partial charge in [0.1, 0.15) is 0 Å². The Bertz CT molecular complexity index is 469. The summed E-state index contributed by atoms with van der Waals surface area (Å²) in [4.78, 5) is 12.1. The van der Waals surface area contributed by atoms with E-state index in [4.69, 9.17) is 0 Å². The Kier molecular flexibility index (Phi) is 6.58. The van der Waals surface area contributed by atoms with Crippen molar-refractivity contribution in [2.24, 2.45) is 0 Å². The maximum Gasteiger partial charge on any atom is 0.315 e. The molecule has 2 amide bonds. The summed E-state index contributed by atoms with van der Waals surface area (Å²) < 4.78 is 0. The third kappa shape index (κ3) is 4.92. The molecule has 0 aliphatic heterocycles. The quantitative estimate of drug-likeness (QED) is 0.754. The number of rotatable bonds is 6. The lowest BCUT2D eigenvalue weighted by Crippen LogP contribution is -2.47. The topological polar surface area (TPSA) is 61.4 Å². The van der Waals surface area contributed by atoms with Crippen LogP contribution < -0.4 is 10.6 Å².